The highest BCUT2D eigenvalue weighted by molar-refractivity contribution is 6.16. The average molecular weight is 411 g/mol. The molecule has 1 saturated carbocycles. The first-order valence-corrected chi connectivity index (χ1v) is 9.57. The number of ketones is 1. The summed E-state index contributed by atoms with van der Waals surface area (Å²) < 4.78 is 10.3. The van der Waals surface area contributed by atoms with Crippen LogP contribution in [0.2, 0.25) is 0 Å². The second kappa shape index (κ2) is 8.44. The molecule has 1 aliphatic carbocycles. The number of rotatable bonds is 8. The lowest BCUT2D eigenvalue weighted by molar-refractivity contribution is -0.384. The molecule has 2 atom stereocenters. The molecular formula is C22H21NO7. The minimum absolute atomic E-state index is 0.0416. The summed E-state index contributed by atoms with van der Waals surface area (Å²) in [6, 6.07) is 13.8. The van der Waals surface area contributed by atoms with Crippen LogP contribution in [0.25, 0.3) is 0 Å². The molecule has 0 aromatic heterocycles. The van der Waals surface area contributed by atoms with Crippen LogP contribution in [0.5, 0.6) is 0 Å². The molecule has 1 fully saturated rings. The molecule has 3 rings (SSSR count). The van der Waals surface area contributed by atoms with Gasteiger partial charge in [-0.1, -0.05) is 30.3 Å². The van der Waals surface area contributed by atoms with Gasteiger partial charge in [0.05, 0.1) is 24.1 Å². The van der Waals surface area contributed by atoms with Crippen molar-refractivity contribution in [3.05, 3.63) is 75.8 Å². The minimum Gasteiger partial charge on any atom is -0.465 e. The van der Waals surface area contributed by atoms with Crippen LogP contribution in [0.1, 0.15) is 35.7 Å². The fraction of sp³-hybridized carbons (Fsp3) is 0.318. The molecule has 0 heterocycles. The van der Waals surface area contributed by atoms with Gasteiger partial charge in [-0.05, 0) is 31.5 Å². The molecule has 8 heteroatoms. The monoisotopic (exact) mass is 411 g/mol. The molecule has 156 valence electrons. The fourth-order valence-corrected chi connectivity index (χ4v) is 3.88. The predicted octanol–water partition coefficient (Wildman–Crippen LogP) is 3.30. The van der Waals surface area contributed by atoms with Gasteiger partial charge in [-0.15, -0.1) is 0 Å². The molecule has 2 aromatic carbocycles. The van der Waals surface area contributed by atoms with Gasteiger partial charge in [0.15, 0.2) is 11.2 Å². The molecule has 0 saturated heterocycles. The maximum atomic E-state index is 13.3. The zero-order chi connectivity index (χ0) is 21.9. The molecule has 0 bridgehead atoms. The van der Waals surface area contributed by atoms with Gasteiger partial charge in [0.1, 0.15) is 0 Å². The van der Waals surface area contributed by atoms with Crippen molar-refractivity contribution in [2.75, 3.05) is 13.2 Å². The van der Waals surface area contributed by atoms with Crippen LogP contribution in [-0.2, 0) is 19.1 Å². The van der Waals surface area contributed by atoms with Gasteiger partial charge >= 0.3 is 11.9 Å². The van der Waals surface area contributed by atoms with E-state index in [9.17, 15) is 24.5 Å². The minimum atomic E-state index is -1.79. The van der Waals surface area contributed by atoms with Crippen LogP contribution < -0.4 is 0 Å². The normalized spacial score (nSPS) is 18.9. The number of benzene rings is 2. The first-order valence-electron chi connectivity index (χ1n) is 9.57. The van der Waals surface area contributed by atoms with Gasteiger partial charge in [0.2, 0.25) is 0 Å². The Morgan fingerprint density at radius 3 is 1.93 bits per heavy atom. The Bertz CT molecular complexity index is 951. The second-order valence-corrected chi connectivity index (χ2v) is 6.84. The van der Waals surface area contributed by atoms with Crippen LogP contribution in [0.4, 0.5) is 5.69 Å². The summed E-state index contributed by atoms with van der Waals surface area (Å²) >= 11 is 0. The number of non-ortho nitro benzene ring substituents is 1. The number of hydrogen-bond donors (Lipinski definition) is 0. The van der Waals surface area contributed by atoms with Crippen LogP contribution in [-0.4, -0.2) is 35.9 Å². The molecule has 0 aliphatic heterocycles. The van der Waals surface area contributed by atoms with Crippen LogP contribution in [0.3, 0.4) is 0 Å². The number of carbonyl (C=O) groups excluding carboxylic acids is 3. The molecule has 0 amide bonds. The number of nitro benzene ring substituents is 1. The Morgan fingerprint density at radius 2 is 1.47 bits per heavy atom. The molecule has 8 nitrogen and oxygen atoms in total. The van der Waals surface area contributed by atoms with Crippen molar-refractivity contribution in [3.63, 3.8) is 0 Å². The zero-order valence-electron chi connectivity index (χ0n) is 16.6. The van der Waals surface area contributed by atoms with Gasteiger partial charge < -0.3 is 9.47 Å². The standard InChI is InChI=1S/C22H21NO7/c1-3-29-20(25)22(21(26)30-4-2)17(14-8-6-5-7-9-14)18(22)19(24)15-10-12-16(13-11-15)23(27)28/h5-13,17-18H,3-4H2,1-2H3/t17-,18+/m0/s1. The summed E-state index contributed by atoms with van der Waals surface area (Å²) in [7, 11) is 0. The van der Waals surface area contributed by atoms with E-state index in [-0.39, 0.29) is 24.5 Å². The lowest BCUT2D eigenvalue weighted by Crippen LogP contribution is -2.34. The third-order valence-corrected chi connectivity index (χ3v) is 5.24. The van der Waals surface area contributed by atoms with Crippen molar-refractivity contribution in [3.8, 4) is 0 Å². The maximum absolute atomic E-state index is 13.3. The number of nitro groups is 1. The van der Waals surface area contributed by atoms with E-state index >= 15 is 0 Å². The molecule has 0 radical (unpaired) electrons. The SMILES string of the molecule is CCOC(=O)C1(C(=O)OCC)[C@@H](C(=O)c2ccc([N+](=O)[O-])cc2)[C@@H]1c1ccccc1. The zero-order valence-corrected chi connectivity index (χ0v) is 16.6. The summed E-state index contributed by atoms with van der Waals surface area (Å²) in [5, 5.41) is 10.9. The van der Waals surface area contributed by atoms with Crippen molar-refractivity contribution in [2.24, 2.45) is 11.3 Å². The summed E-state index contributed by atoms with van der Waals surface area (Å²) in [5.74, 6) is -3.87. The summed E-state index contributed by atoms with van der Waals surface area (Å²) in [4.78, 5) is 49.5. The summed E-state index contributed by atoms with van der Waals surface area (Å²) in [6.07, 6.45) is 0. The van der Waals surface area contributed by atoms with E-state index in [0.717, 1.165) is 0 Å². The van der Waals surface area contributed by atoms with Crippen LogP contribution >= 0.6 is 0 Å². The lowest BCUT2D eigenvalue weighted by Gasteiger charge is -2.15. The lowest BCUT2D eigenvalue weighted by atomic mass is 9.97. The number of hydrogen-bond acceptors (Lipinski definition) is 7. The Labute approximate surface area is 172 Å². The highest BCUT2D eigenvalue weighted by atomic mass is 16.6. The Morgan fingerprint density at radius 1 is 0.933 bits per heavy atom. The number of carbonyl (C=O) groups is 3. The van der Waals surface area contributed by atoms with E-state index < -0.39 is 39.9 Å². The highest BCUT2D eigenvalue weighted by Gasteiger charge is 2.79. The van der Waals surface area contributed by atoms with Gasteiger partial charge in [-0.2, -0.15) is 0 Å². The molecular weight excluding hydrogens is 390 g/mol. The number of nitrogens with zero attached hydrogens (tertiary/aromatic N) is 1. The highest BCUT2D eigenvalue weighted by Crippen LogP contribution is 2.67. The molecule has 2 aromatic rings. The Balaban J connectivity index is 2.07. The molecule has 0 spiro atoms. The van der Waals surface area contributed by atoms with E-state index in [0.29, 0.717) is 5.56 Å². The van der Waals surface area contributed by atoms with E-state index in [1.54, 1.807) is 44.2 Å². The third-order valence-electron chi connectivity index (χ3n) is 5.24. The predicted molar refractivity (Wildman–Crippen MR) is 106 cm³/mol. The number of Topliss-reactive ketones (excluding diaryl/α,β-unsaturated/α-hetero) is 1. The Hall–Kier alpha value is -3.55. The van der Waals surface area contributed by atoms with E-state index in [2.05, 4.69) is 0 Å². The first-order chi connectivity index (χ1) is 14.4. The number of ether oxygens (including phenoxy) is 2. The average Bonchev–Trinajstić information content (AvgIpc) is 3.46. The van der Waals surface area contributed by atoms with Crippen molar-refractivity contribution < 1.29 is 28.8 Å². The third kappa shape index (κ3) is 3.45. The molecule has 30 heavy (non-hydrogen) atoms. The summed E-state index contributed by atoms with van der Waals surface area (Å²) in [5.41, 5.74) is -1.14. The van der Waals surface area contributed by atoms with Crippen LogP contribution in [0.15, 0.2) is 54.6 Å². The topological polar surface area (TPSA) is 113 Å². The number of esters is 2. The molecule has 1 aliphatic rings. The molecule has 0 N–H and O–H groups in total. The van der Waals surface area contributed by atoms with E-state index in [1.165, 1.54) is 24.3 Å². The fourth-order valence-electron chi connectivity index (χ4n) is 3.88. The van der Waals surface area contributed by atoms with E-state index in [1.807, 2.05) is 0 Å². The largest absolute Gasteiger partial charge is 0.465 e. The maximum Gasteiger partial charge on any atom is 0.324 e. The van der Waals surface area contributed by atoms with Crippen LogP contribution in [0, 0.1) is 21.4 Å². The molecule has 0 unspecified atom stereocenters. The van der Waals surface area contributed by atoms with Crippen molar-refractivity contribution >= 4 is 23.4 Å². The van der Waals surface area contributed by atoms with Gasteiger partial charge in [0, 0.05) is 23.6 Å². The van der Waals surface area contributed by atoms with Crippen molar-refractivity contribution in [2.45, 2.75) is 19.8 Å². The van der Waals surface area contributed by atoms with Crippen molar-refractivity contribution in [1.82, 2.24) is 0 Å². The summed E-state index contributed by atoms with van der Waals surface area (Å²) in [6.45, 7) is 3.31. The van der Waals surface area contributed by atoms with E-state index in [4.69, 9.17) is 9.47 Å². The van der Waals surface area contributed by atoms with Gasteiger partial charge in [-0.25, -0.2) is 0 Å². The Kier molecular flexibility index (Phi) is 5.96. The van der Waals surface area contributed by atoms with Gasteiger partial charge in [-0.3, -0.25) is 24.5 Å². The quantitative estimate of drug-likeness (QED) is 0.215. The first kappa shape index (κ1) is 21.2. The van der Waals surface area contributed by atoms with Crippen molar-refractivity contribution in [1.29, 1.82) is 0 Å². The van der Waals surface area contributed by atoms with Gasteiger partial charge in [0.25, 0.3) is 5.69 Å². The smallest absolute Gasteiger partial charge is 0.324 e. The second-order valence-electron chi connectivity index (χ2n) is 6.84.